The van der Waals surface area contributed by atoms with Crippen LogP contribution in [0, 0.1) is 17.8 Å². The number of phenols is 1. The van der Waals surface area contributed by atoms with Crippen molar-refractivity contribution < 1.29 is 9.84 Å². The van der Waals surface area contributed by atoms with Gasteiger partial charge in [-0.2, -0.15) is 5.10 Å². The molecule has 0 spiro atoms. The Morgan fingerprint density at radius 2 is 1.94 bits per heavy atom. The van der Waals surface area contributed by atoms with Crippen LogP contribution in [0.15, 0.2) is 42.7 Å². The van der Waals surface area contributed by atoms with Crippen molar-refractivity contribution in [2.75, 3.05) is 18.8 Å². The van der Waals surface area contributed by atoms with E-state index in [1.165, 1.54) is 0 Å². The summed E-state index contributed by atoms with van der Waals surface area (Å²) in [5.74, 6) is 7.60. The highest BCUT2D eigenvalue weighted by molar-refractivity contribution is 5.78. The van der Waals surface area contributed by atoms with E-state index < -0.39 is 0 Å². The first-order chi connectivity index (χ1) is 16.6. The summed E-state index contributed by atoms with van der Waals surface area (Å²) in [5.41, 5.74) is 8.81. The number of hydrogen-bond donors (Lipinski definition) is 3. The van der Waals surface area contributed by atoms with E-state index in [1.54, 1.807) is 24.4 Å². The molecule has 176 valence electrons. The summed E-state index contributed by atoms with van der Waals surface area (Å²) in [6.45, 7) is 4.15. The van der Waals surface area contributed by atoms with Crippen LogP contribution in [0.4, 0.5) is 5.82 Å². The van der Waals surface area contributed by atoms with Gasteiger partial charge in [0.25, 0.3) is 0 Å². The number of aromatic hydroxyl groups is 1. The first-order valence-corrected chi connectivity index (χ1v) is 11.9. The van der Waals surface area contributed by atoms with Crippen molar-refractivity contribution in [1.29, 1.82) is 0 Å². The second kappa shape index (κ2) is 9.84. The maximum absolute atomic E-state index is 10.2. The highest BCUT2D eigenvalue weighted by atomic mass is 16.5. The molecule has 2 aromatic heterocycles. The lowest BCUT2D eigenvalue weighted by molar-refractivity contribution is -0.0743. The van der Waals surface area contributed by atoms with E-state index in [-0.39, 0.29) is 11.8 Å². The van der Waals surface area contributed by atoms with E-state index in [0.29, 0.717) is 35.2 Å². The third-order valence-electron chi connectivity index (χ3n) is 6.57. The number of ether oxygens (including phenoxy) is 1. The second-order valence-corrected chi connectivity index (χ2v) is 9.10. The summed E-state index contributed by atoms with van der Waals surface area (Å²) >= 11 is 0. The second-order valence-electron chi connectivity index (χ2n) is 9.10. The summed E-state index contributed by atoms with van der Waals surface area (Å²) < 4.78 is 8.03. The Labute approximate surface area is 199 Å². The van der Waals surface area contributed by atoms with Crippen LogP contribution >= 0.6 is 0 Å². The Kier molecular flexibility index (Phi) is 6.48. The molecule has 0 radical (unpaired) electrons. The Bertz CT molecular complexity index is 1200. The molecule has 1 aliphatic carbocycles. The third kappa shape index (κ3) is 4.91. The van der Waals surface area contributed by atoms with Gasteiger partial charge in [-0.15, -0.1) is 10.2 Å². The minimum atomic E-state index is -0.0632. The predicted octanol–water partition coefficient (Wildman–Crippen LogP) is 3.41. The molecule has 0 bridgehead atoms. The number of benzene rings is 1. The number of phenolic OH excluding ortho intramolecular Hbond substituents is 1. The summed E-state index contributed by atoms with van der Waals surface area (Å²) in [5, 5.41) is 26.3. The number of rotatable bonds is 5. The standard InChI is InChI=1S/C26H30N6O2/c1-17(6-7-18-12-21(13-18)34-20-8-10-28-11-9-20)32-16-19(15-29-32)23-14-24(30-31-26(23)27)22-4-2-3-5-25(22)33/h2-5,14-18,20-21,28,33H,8-13H2,1H3,(H2,27,31)/t17-,18-,21-/m1/s1. The molecule has 1 aromatic carbocycles. The van der Waals surface area contributed by atoms with E-state index in [0.717, 1.165) is 49.9 Å². The van der Waals surface area contributed by atoms with E-state index in [1.807, 2.05) is 29.9 Å². The highest BCUT2D eigenvalue weighted by Crippen LogP contribution is 2.33. The highest BCUT2D eigenvalue weighted by Gasteiger charge is 2.31. The molecule has 8 nitrogen and oxygen atoms in total. The zero-order valence-corrected chi connectivity index (χ0v) is 19.3. The number of nitrogen functional groups attached to an aromatic ring is 1. The average molecular weight is 459 g/mol. The average Bonchev–Trinajstić information content (AvgIpc) is 3.32. The summed E-state index contributed by atoms with van der Waals surface area (Å²) in [7, 11) is 0. The van der Waals surface area contributed by atoms with Crippen molar-refractivity contribution in [1.82, 2.24) is 25.3 Å². The molecule has 1 aliphatic heterocycles. The first kappa shape index (κ1) is 22.4. The van der Waals surface area contributed by atoms with Crippen LogP contribution in [0.1, 0.15) is 38.6 Å². The van der Waals surface area contributed by atoms with Gasteiger partial charge < -0.3 is 20.9 Å². The fraction of sp³-hybridized carbons (Fsp3) is 0.423. The number of nitrogens with zero attached hydrogens (tertiary/aromatic N) is 4. The van der Waals surface area contributed by atoms with Gasteiger partial charge in [-0.25, -0.2) is 0 Å². The summed E-state index contributed by atoms with van der Waals surface area (Å²) in [4.78, 5) is 0. The molecule has 3 aromatic rings. The Morgan fingerprint density at radius 1 is 1.15 bits per heavy atom. The van der Waals surface area contributed by atoms with E-state index in [4.69, 9.17) is 10.5 Å². The van der Waals surface area contributed by atoms with Crippen LogP contribution < -0.4 is 11.1 Å². The van der Waals surface area contributed by atoms with Crippen LogP contribution in [-0.2, 0) is 4.74 Å². The summed E-state index contributed by atoms with van der Waals surface area (Å²) in [6.07, 6.45) is 8.69. The Balaban J connectivity index is 1.23. The SMILES string of the molecule is C[C@H](C#C[C@H]1C[C@H](OC2CCNCC2)C1)n1cc(-c2cc(-c3ccccc3O)nnc2N)cn1. The fourth-order valence-corrected chi connectivity index (χ4v) is 4.45. The molecule has 1 saturated carbocycles. The van der Waals surface area contributed by atoms with Crippen molar-refractivity contribution in [2.45, 2.75) is 50.9 Å². The fourth-order valence-electron chi connectivity index (χ4n) is 4.45. The smallest absolute Gasteiger partial charge is 0.154 e. The Hall–Kier alpha value is -3.41. The molecule has 0 amide bonds. The molecule has 2 fully saturated rings. The topological polar surface area (TPSA) is 111 Å². The monoisotopic (exact) mass is 458 g/mol. The molecule has 4 N–H and O–H groups in total. The van der Waals surface area contributed by atoms with Gasteiger partial charge in [0, 0.05) is 28.8 Å². The molecule has 0 unspecified atom stereocenters. The molecule has 8 heteroatoms. The Morgan fingerprint density at radius 3 is 2.74 bits per heavy atom. The lowest BCUT2D eigenvalue weighted by atomic mass is 9.82. The van der Waals surface area contributed by atoms with E-state index >= 15 is 0 Å². The molecular formula is C26H30N6O2. The van der Waals surface area contributed by atoms with Gasteiger partial charge in [0.05, 0.1) is 24.1 Å². The molecule has 1 atom stereocenters. The van der Waals surface area contributed by atoms with Gasteiger partial charge >= 0.3 is 0 Å². The number of aromatic nitrogens is 4. The number of para-hydroxylation sites is 1. The van der Waals surface area contributed by atoms with Gasteiger partial charge in [-0.1, -0.05) is 24.0 Å². The number of hydrogen-bond acceptors (Lipinski definition) is 7. The van der Waals surface area contributed by atoms with Gasteiger partial charge in [-0.3, -0.25) is 4.68 Å². The number of piperidine rings is 1. The minimum absolute atomic E-state index is 0.0632. The number of nitrogens with two attached hydrogens (primary N) is 1. The maximum Gasteiger partial charge on any atom is 0.154 e. The summed E-state index contributed by atoms with van der Waals surface area (Å²) in [6, 6.07) is 8.79. The van der Waals surface area contributed by atoms with Crippen molar-refractivity contribution in [3.63, 3.8) is 0 Å². The molecule has 34 heavy (non-hydrogen) atoms. The first-order valence-electron chi connectivity index (χ1n) is 11.9. The lowest BCUT2D eigenvalue weighted by Crippen LogP contribution is -2.39. The number of nitrogens with one attached hydrogen (secondary N) is 1. The van der Waals surface area contributed by atoms with Crippen LogP contribution in [0.3, 0.4) is 0 Å². The molecule has 5 rings (SSSR count). The van der Waals surface area contributed by atoms with Crippen LogP contribution in [0.2, 0.25) is 0 Å². The quantitative estimate of drug-likeness (QED) is 0.503. The molecule has 3 heterocycles. The molecule has 1 saturated heterocycles. The van der Waals surface area contributed by atoms with Crippen molar-refractivity contribution in [3.05, 3.63) is 42.7 Å². The zero-order valence-electron chi connectivity index (χ0n) is 19.3. The van der Waals surface area contributed by atoms with Gasteiger partial charge in [0.2, 0.25) is 0 Å². The van der Waals surface area contributed by atoms with E-state index in [9.17, 15) is 5.11 Å². The number of anilines is 1. The zero-order chi connectivity index (χ0) is 23.5. The van der Waals surface area contributed by atoms with Crippen molar-refractivity contribution in [2.24, 2.45) is 5.92 Å². The van der Waals surface area contributed by atoms with Crippen LogP contribution in [0.25, 0.3) is 22.4 Å². The maximum atomic E-state index is 10.2. The van der Waals surface area contributed by atoms with Gasteiger partial charge in [-0.05, 0) is 63.9 Å². The van der Waals surface area contributed by atoms with Crippen molar-refractivity contribution in [3.8, 4) is 40.0 Å². The van der Waals surface area contributed by atoms with Crippen LogP contribution in [-0.4, -0.2) is 50.4 Å². The third-order valence-corrected chi connectivity index (χ3v) is 6.57. The molecule has 2 aliphatic rings. The van der Waals surface area contributed by atoms with E-state index in [2.05, 4.69) is 32.5 Å². The minimum Gasteiger partial charge on any atom is -0.507 e. The van der Waals surface area contributed by atoms with Gasteiger partial charge in [0.1, 0.15) is 11.8 Å². The lowest BCUT2D eigenvalue weighted by Gasteiger charge is -2.36. The largest absolute Gasteiger partial charge is 0.507 e. The van der Waals surface area contributed by atoms with Crippen LogP contribution in [0.5, 0.6) is 5.75 Å². The predicted molar refractivity (Wildman–Crippen MR) is 131 cm³/mol. The van der Waals surface area contributed by atoms with Crippen molar-refractivity contribution >= 4 is 5.82 Å². The molecular weight excluding hydrogens is 428 g/mol. The van der Waals surface area contributed by atoms with Gasteiger partial charge in [0.15, 0.2) is 5.82 Å². The normalized spacial score (nSPS) is 21.3.